The minimum absolute atomic E-state index is 0.142. The van der Waals surface area contributed by atoms with Crippen LogP contribution in [0, 0.1) is 6.92 Å². The molecule has 1 fully saturated rings. The monoisotopic (exact) mass is 328 g/mol. The average Bonchev–Trinajstić information content (AvgIpc) is 3.00. The van der Waals surface area contributed by atoms with Crippen molar-refractivity contribution in [2.24, 2.45) is 0 Å². The van der Waals surface area contributed by atoms with Gasteiger partial charge in [-0.3, -0.25) is 14.4 Å². The maximum Gasteiger partial charge on any atom is 0.244 e. The van der Waals surface area contributed by atoms with Crippen molar-refractivity contribution in [3.8, 4) is 5.75 Å². The largest absolute Gasteiger partial charge is 0.497 e. The fraction of sp³-hybridized carbons (Fsp3) is 0.444. The van der Waals surface area contributed by atoms with Gasteiger partial charge in [0.1, 0.15) is 12.3 Å². The van der Waals surface area contributed by atoms with Gasteiger partial charge in [0.25, 0.3) is 0 Å². The summed E-state index contributed by atoms with van der Waals surface area (Å²) in [6.45, 7) is 6.49. The number of aryl methyl sites for hydroxylation is 1. The quantitative estimate of drug-likeness (QED) is 0.835. The lowest BCUT2D eigenvalue weighted by Gasteiger charge is -2.34. The first-order valence-electron chi connectivity index (χ1n) is 8.27. The van der Waals surface area contributed by atoms with Crippen molar-refractivity contribution < 1.29 is 9.53 Å². The van der Waals surface area contributed by atoms with Crippen molar-refractivity contribution >= 4 is 5.91 Å². The van der Waals surface area contributed by atoms with Crippen molar-refractivity contribution in [1.29, 1.82) is 0 Å². The molecule has 0 radical (unpaired) electrons. The number of benzene rings is 1. The summed E-state index contributed by atoms with van der Waals surface area (Å²) in [6, 6.07) is 10.1. The lowest BCUT2D eigenvalue weighted by atomic mass is 10.2. The molecule has 24 heavy (non-hydrogen) atoms. The van der Waals surface area contributed by atoms with Gasteiger partial charge >= 0.3 is 0 Å². The molecule has 0 unspecified atom stereocenters. The highest BCUT2D eigenvalue weighted by Gasteiger charge is 2.21. The third-order valence-corrected chi connectivity index (χ3v) is 4.48. The first-order valence-corrected chi connectivity index (χ1v) is 8.27. The van der Waals surface area contributed by atoms with Crippen LogP contribution in [0.3, 0.4) is 0 Å². The molecular formula is C18H24N4O2. The molecule has 1 aliphatic rings. The lowest BCUT2D eigenvalue weighted by molar-refractivity contribution is -0.133. The van der Waals surface area contributed by atoms with Crippen LogP contribution >= 0.6 is 0 Å². The molecule has 1 amide bonds. The summed E-state index contributed by atoms with van der Waals surface area (Å²) in [5, 5.41) is 4.18. The molecule has 0 spiro atoms. The first-order chi connectivity index (χ1) is 11.7. The number of piperazine rings is 1. The second-order valence-corrected chi connectivity index (χ2v) is 6.14. The van der Waals surface area contributed by atoms with E-state index in [1.165, 1.54) is 5.56 Å². The summed E-state index contributed by atoms with van der Waals surface area (Å²) in [5.41, 5.74) is 2.25. The van der Waals surface area contributed by atoms with Gasteiger partial charge in [-0.25, -0.2) is 0 Å². The maximum atomic E-state index is 12.4. The zero-order valence-corrected chi connectivity index (χ0v) is 14.3. The van der Waals surface area contributed by atoms with Crippen LogP contribution in [-0.2, 0) is 17.9 Å². The van der Waals surface area contributed by atoms with Gasteiger partial charge in [-0.05, 0) is 30.7 Å². The summed E-state index contributed by atoms with van der Waals surface area (Å²) in [6.07, 6.45) is 1.73. The van der Waals surface area contributed by atoms with Gasteiger partial charge in [-0.15, -0.1) is 0 Å². The summed E-state index contributed by atoms with van der Waals surface area (Å²) in [4.78, 5) is 16.7. The van der Waals surface area contributed by atoms with Crippen LogP contribution in [0.25, 0.3) is 0 Å². The molecule has 1 aromatic carbocycles. The van der Waals surface area contributed by atoms with E-state index in [4.69, 9.17) is 4.74 Å². The summed E-state index contributed by atoms with van der Waals surface area (Å²) in [5.74, 6) is 1.03. The maximum absolute atomic E-state index is 12.4. The first kappa shape index (κ1) is 16.5. The van der Waals surface area contributed by atoms with E-state index in [2.05, 4.69) is 22.1 Å². The van der Waals surface area contributed by atoms with Crippen molar-refractivity contribution in [2.45, 2.75) is 20.0 Å². The number of carbonyl (C=O) groups is 1. The number of aromatic nitrogens is 2. The number of methoxy groups -OCH3 is 1. The number of hydrogen-bond acceptors (Lipinski definition) is 4. The summed E-state index contributed by atoms with van der Waals surface area (Å²) >= 11 is 0. The molecule has 6 nitrogen and oxygen atoms in total. The lowest BCUT2D eigenvalue weighted by Crippen LogP contribution is -2.49. The zero-order valence-electron chi connectivity index (χ0n) is 14.3. The Morgan fingerprint density at radius 2 is 2.00 bits per heavy atom. The van der Waals surface area contributed by atoms with E-state index in [-0.39, 0.29) is 5.91 Å². The van der Waals surface area contributed by atoms with E-state index in [1.807, 2.05) is 30.0 Å². The molecule has 3 rings (SSSR count). The van der Waals surface area contributed by atoms with Crippen molar-refractivity contribution in [1.82, 2.24) is 19.6 Å². The Morgan fingerprint density at radius 1 is 1.21 bits per heavy atom. The molecule has 1 aromatic heterocycles. The molecule has 0 saturated carbocycles. The number of hydrogen-bond donors (Lipinski definition) is 0. The molecule has 2 heterocycles. The third-order valence-electron chi connectivity index (χ3n) is 4.48. The Hall–Kier alpha value is -2.34. The number of ether oxygens (including phenoxy) is 1. The van der Waals surface area contributed by atoms with Gasteiger partial charge in [0.2, 0.25) is 5.91 Å². The van der Waals surface area contributed by atoms with Crippen molar-refractivity contribution in [2.75, 3.05) is 33.3 Å². The van der Waals surface area contributed by atoms with Gasteiger partial charge in [0.15, 0.2) is 0 Å². The Bertz CT molecular complexity index is 690. The third kappa shape index (κ3) is 3.94. The van der Waals surface area contributed by atoms with E-state index in [1.54, 1.807) is 18.0 Å². The second-order valence-electron chi connectivity index (χ2n) is 6.14. The molecule has 0 N–H and O–H groups in total. The molecule has 1 saturated heterocycles. The molecule has 0 bridgehead atoms. The highest BCUT2D eigenvalue weighted by molar-refractivity contribution is 5.76. The Labute approximate surface area is 142 Å². The second kappa shape index (κ2) is 7.49. The fourth-order valence-corrected chi connectivity index (χ4v) is 2.98. The van der Waals surface area contributed by atoms with E-state index in [0.29, 0.717) is 6.54 Å². The Morgan fingerprint density at radius 3 is 2.67 bits per heavy atom. The van der Waals surface area contributed by atoms with E-state index in [0.717, 1.165) is 44.2 Å². The Balaban J connectivity index is 1.50. The highest BCUT2D eigenvalue weighted by atomic mass is 16.5. The minimum Gasteiger partial charge on any atom is -0.497 e. The van der Waals surface area contributed by atoms with E-state index >= 15 is 0 Å². The zero-order chi connectivity index (χ0) is 16.9. The predicted octanol–water partition coefficient (Wildman–Crippen LogP) is 1.54. The number of amides is 1. The average molecular weight is 328 g/mol. The Kier molecular flexibility index (Phi) is 5.15. The van der Waals surface area contributed by atoms with E-state index < -0.39 is 0 Å². The highest BCUT2D eigenvalue weighted by Crippen LogP contribution is 2.15. The fourth-order valence-electron chi connectivity index (χ4n) is 2.98. The molecule has 128 valence electrons. The molecule has 6 heteroatoms. The van der Waals surface area contributed by atoms with Gasteiger partial charge in [-0.1, -0.05) is 12.1 Å². The molecule has 2 aromatic rings. The van der Waals surface area contributed by atoms with Gasteiger partial charge < -0.3 is 9.64 Å². The van der Waals surface area contributed by atoms with Crippen LogP contribution in [0.4, 0.5) is 0 Å². The minimum atomic E-state index is 0.142. The number of carbonyl (C=O) groups excluding carboxylic acids is 1. The standard InChI is InChI=1S/C18H24N4O2/c1-15-6-7-19-22(15)14-18(23)21-10-8-20(9-11-21)13-16-4-3-5-17(12-16)24-2/h3-7,12H,8-11,13-14H2,1-2H3. The number of rotatable bonds is 5. The van der Waals surface area contributed by atoms with E-state index in [9.17, 15) is 4.79 Å². The summed E-state index contributed by atoms with van der Waals surface area (Å²) < 4.78 is 7.03. The van der Waals surface area contributed by atoms with Crippen LogP contribution in [0.2, 0.25) is 0 Å². The van der Waals surface area contributed by atoms with Gasteiger partial charge in [0.05, 0.1) is 7.11 Å². The molecule has 0 atom stereocenters. The van der Waals surface area contributed by atoms with Crippen molar-refractivity contribution in [3.05, 3.63) is 47.8 Å². The van der Waals surface area contributed by atoms with Crippen LogP contribution in [0.1, 0.15) is 11.3 Å². The smallest absolute Gasteiger partial charge is 0.244 e. The van der Waals surface area contributed by atoms with Crippen LogP contribution < -0.4 is 4.74 Å². The summed E-state index contributed by atoms with van der Waals surface area (Å²) in [7, 11) is 1.69. The SMILES string of the molecule is COc1cccc(CN2CCN(C(=O)Cn3nccc3C)CC2)c1. The van der Waals surface area contributed by atoms with Gasteiger partial charge in [-0.2, -0.15) is 5.10 Å². The van der Waals surface area contributed by atoms with Crippen LogP contribution in [-0.4, -0.2) is 58.8 Å². The molecular weight excluding hydrogens is 304 g/mol. The molecule has 1 aliphatic heterocycles. The number of nitrogens with zero attached hydrogens (tertiary/aromatic N) is 4. The van der Waals surface area contributed by atoms with Crippen LogP contribution in [0.5, 0.6) is 5.75 Å². The molecule has 0 aliphatic carbocycles. The predicted molar refractivity (Wildman–Crippen MR) is 91.8 cm³/mol. The topological polar surface area (TPSA) is 50.6 Å². The van der Waals surface area contributed by atoms with Crippen LogP contribution in [0.15, 0.2) is 36.5 Å². The van der Waals surface area contributed by atoms with Gasteiger partial charge in [0, 0.05) is 44.6 Å². The normalized spacial score (nSPS) is 15.5. The van der Waals surface area contributed by atoms with Crippen molar-refractivity contribution in [3.63, 3.8) is 0 Å².